The highest BCUT2D eigenvalue weighted by atomic mass is 35.5. The maximum Gasteiger partial charge on any atom is 0.308 e. The second kappa shape index (κ2) is 7.30. The molecule has 1 atom stereocenters. The van der Waals surface area contributed by atoms with Gasteiger partial charge in [0.1, 0.15) is 5.75 Å². The van der Waals surface area contributed by atoms with E-state index in [0.717, 1.165) is 12.0 Å². The van der Waals surface area contributed by atoms with E-state index in [1.165, 1.54) is 6.92 Å². The minimum atomic E-state index is -0.311. The zero-order valence-electron chi connectivity index (χ0n) is 10.5. The van der Waals surface area contributed by atoms with Crippen molar-refractivity contribution in [2.45, 2.75) is 33.2 Å². The highest BCUT2D eigenvalue weighted by Crippen LogP contribution is 2.22. The molecule has 0 heterocycles. The van der Waals surface area contributed by atoms with Gasteiger partial charge in [0.25, 0.3) is 0 Å². The standard InChI is InChI=1S/C13H19NO2.ClH/c1-9(2)7-13(14)11-5-4-6-12(8-11)16-10(3)15;/h4-6,8-9,13H,7,14H2,1-3H3;1H/t13-;/m0./s1. The average Bonchev–Trinajstić information content (AvgIpc) is 2.16. The van der Waals surface area contributed by atoms with Crippen LogP contribution >= 0.6 is 12.4 Å². The Bertz CT molecular complexity index is 366. The molecule has 0 aliphatic carbocycles. The molecule has 0 spiro atoms. The van der Waals surface area contributed by atoms with E-state index in [2.05, 4.69) is 13.8 Å². The van der Waals surface area contributed by atoms with Crippen LogP contribution in [0.3, 0.4) is 0 Å². The summed E-state index contributed by atoms with van der Waals surface area (Å²) in [5.41, 5.74) is 7.06. The molecule has 0 fully saturated rings. The van der Waals surface area contributed by atoms with Gasteiger partial charge in [-0.15, -0.1) is 12.4 Å². The lowest BCUT2D eigenvalue weighted by molar-refractivity contribution is -0.131. The van der Waals surface area contributed by atoms with Gasteiger partial charge in [-0.1, -0.05) is 26.0 Å². The number of hydrogen-bond donors (Lipinski definition) is 1. The van der Waals surface area contributed by atoms with Crippen LogP contribution in [0.5, 0.6) is 5.75 Å². The van der Waals surface area contributed by atoms with Gasteiger partial charge in [0, 0.05) is 13.0 Å². The molecular weight excluding hydrogens is 238 g/mol. The summed E-state index contributed by atoms with van der Waals surface area (Å²) in [6.45, 7) is 5.66. The van der Waals surface area contributed by atoms with E-state index in [0.29, 0.717) is 11.7 Å². The molecule has 0 unspecified atom stereocenters. The summed E-state index contributed by atoms with van der Waals surface area (Å²) in [6, 6.07) is 7.39. The van der Waals surface area contributed by atoms with E-state index in [4.69, 9.17) is 10.5 Å². The number of esters is 1. The van der Waals surface area contributed by atoms with Gasteiger partial charge in [0.15, 0.2) is 0 Å². The van der Waals surface area contributed by atoms with Gasteiger partial charge in [0.2, 0.25) is 0 Å². The molecule has 0 aliphatic heterocycles. The maximum absolute atomic E-state index is 10.8. The summed E-state index contributed by atoms with van der Waals surface area (Å²) >= 11 is 0. The molecule has 0 bridgehead atoms. The lowest BCUT2D eigenvalue weighted by Crippen LogP contribution is -2.13. The number of carbonyl (C=O) groups is 1. The van der Waals surface area contributed by atoms with Crippen LogP contribution < -0.4 is 10.5 Å². The smallest absolute Gasteiger partial charge is 0.308 e. The molecule has 0 saturated carbocycles. The van der Waals surface area contributed by atoms with Gasteiger partial charge in [-0.3, -0.25) is 4.79 Å². The number of carbonyl (C=O) groups excluding carboxylic acids is 1. The third-order valence-corrected chi connectivity index (χ3v) is 2.27. The number of nitrogens with two attached hydrogens (primary N) is 1. The largest absolute Gasteiger partial charge is 0.427 e. The molecule has 0 saturated heterocycles. The third-order valence-electron chi connectivity index (χ3n) is 2.27. The number of hydrogen-bond acceptors (Lipinski definition) is 3. The Morgan fingerprint density at radius 1 is 1.41 bits per heavy atom. The first kappa shape index (κ1) is 15.9. The van der Waals surface area contributed by atoms with Crippen LogP contribution in [0.25, 0.3) is 0 Å². The average molecular weight is 258 g/mol. The zero-order chi connectivity index (χ0) is 12.1. The molecule has 1 aromatic carbocycles. The monoisotopic (exact) mass is 257 g/mol. The summed E-state index contributed by atoms with van der Waals surface area (Å²) in [6.07, 6.45) is 0.920. The highest BCUT2D eigenvalue weighted by Gasteiger charge is 2.09. The Kier molecular flexibility index (Phi) is 6.85. The van der Waals surface area contributed by atoms with Crippen LogP contribution in [0, 0.1) is 5.92 Å². The molecule has 96 valence electrons. The fourth-order valence-corrected chi connectivity index (χ4v) is 1.62. The summed E-state index contributed by atoms with van der Waals surface area (Å²) in [7, 11) is 0. The topological polar surface area (TPSA) is 52.3 Å². The van der Waals surface area contributed by atoms with Crippen LogP contribution in [0.15, 0.2) is 24.3 Å². The lowest BCUT2D eigenvalue weighted by Gasteiger charge is -2.15. The van der Waals surface area contributed by atoms with Crippen molar-refractivity contribution < 1.29 is 9.53 Å². The first-order valence-corrected chi connectivity index (χ1v) is 5.53. The molecule has 17 heavy (non-hydrogen) atoms. The van der Waals surface area contributed by atoms with Crippen LogP contribution in [0.4, 0.5) is 0 Å². The SMILES string of the molecule is CC(=O)Oc1cccc([C@@H](N)CC(C)C)c1.Cl. The van der Waals surface area contributed by atoms with Gasteiger partial charge in [-0.25, -0.2) is 0 Å². The van der Waals surface area contributed by atoms with Crippen molar-refractivity contribution in [3.8, 4) is 5.75 Å². The summed E-state index contributed by atoms with van der Waals surface area (Å²) in [5.74, 6) is 0.797. The Morgan fingerprint density at radius 2 is 2.06 bits per heavy atom. The van der Waals surface area contributed by atoms with Crippen molar-refractivity contribution in [2.75, 3.05) is 0 Å². The van der Waals surface area contributed by atoms with E-state index in [1.54, 1.807) is 6.07 Å². The molecule has 1 rings (SSSR count). The minimum Gasteiger partial charge on any atom is -0.427 e. The van der Waals surface area contributed by atoms with Gasteiger partial charge in [-0.2, -0.15) is 0 Å². The number of halogens is 1. The van der Waals surface area contributed by atoms with Gasteiger partial charge in [-0.05, 0) is 30.0 Å². The Morgan fingerprint density at radius 3 is 2.59 bits per heavy atom. The first-order valence-electron chi connectivity index (χ1n) is 5.53. The summed E-state index contributed by atoms with van der Waals surface area (Å²) in [5, 5.41) is 0. The second-order valence-corrected chi connectivity index (χ2v) is 4.40. The number of rotatable bonds is 4. The van der Waals surface area contributed by atoms with Gasteiger partial charge >= 0.3 is 5.97 Å². The highest BCUT2D eigenvalue weighted by molar-refractivity contribution is 5.85. The number of ether oxygens (including phenoxy) is 1. The fraction of sp³-hybridized carbons (Fsp3) is 0.462. The molecule has 0 amide bonds. The van der Waals surface area contributed by atoms with E-state index in [9.17, 15) is 4.79 Å². The summed E-state index contributed by atoms with van der Waals surface area (Å²) in [4.78, 5) is 10.8. The Balaban J connectivity index is 0.00000256. The minimum absolute atomic E-state index is 0. The molecule has 2 N–H and O–H groups in total. The Hall–Kier alpha value is -1.06. The lowest BCUT2D eigenvalue weighted by atomic mass is 9.98. The second-order valence-electron chi connectivity index (χ2n) is 4.40. The molecule has 4 heteroatoms. The van der Waals surface area contributed by atoms with Crippen LogP contribution in [0.1, 0.15) is 38.8 Å². The fourth-order valence-electron chi connectivity index (χ4n) is 1.62. The number of benzene rings is 1. The van der Waals surface area contributed by atoms with Crippen molar-refractivity contribution in [2.24, 2.45) is 11.7 Å². The molecule has 0 aromatic heterocycles. The van der Waals surface area contributed by atoms with Crippen molar-refractivity contribution in [3.05, 3.63) is 29.8 Å². The molecule has 0 aliphatic rings. The molecule has 3 nitrogen and oxygen atoms in total. The quantitative estimate of drug-likeness (QED) is 0.666. The Labute approximate surface area is 109 Å². The van der Waals surface area contributed by atoms with E-state index in [-0.39, 0.29) is 24.4 Å². The van der Waals surface area contributed by atoms with Crippen molar-refractivity contribution in [1.82, 2.24) is 0 Å². The predicted octanol–water partition coefficient (Wildman–Crippen LogP) is 3.08. The third kappa shape index (κ3) is 5.71. The zero-order valence-corrected chi connectivity index (χ0v) is 11.3. The van der Waals surface area contributed by atoms with Crippen LogP contribution in [0.2, 0.25) is 0 Å². The van der Waals surface area contributed by atoms with Crippen LogP contribution in [-0.2, 0) is 4.79 Å². The maximum atomic E-state index is 10.8. The van der Waals surface area contributed by atoms with Crippen molar-refractivity contribution in [1.29, 1.82) is 0 Å². The first-order chi connectivity index (χ1) is 7.49. The normalized spacial score (nSPS) is 11.8. The van der Waals surface area contributed by atoms with E-state index >= 15 is 0 Å². The van der Waals surface area contributed by atoms with Gasteiger partial charge < -0.3 is 10.5 Å². The van der Waals surface area contributed by atoms with Gasteiger partial charge in [0.05, 0.1) is 0 Å². The van der Waals surface area contributed by atoms with E-state index < -0.39 is 0 Å². The van der Waals surface area contributed by atoms with Crippen molar-refractivity contribution >= 4 is 18.4 Å². The summed E-state index contributed by atoms with van der Waals surface area (Å²) < 4.78 is 5.02. The van der Waals surface area contributed by atoms with E-state index in [1.807, 2.05) is 18.2 Å². The van der Waals surface area contributed by atoms with Crippen LogP contribution in [-0.4, -0.2) is 5.97 Å². The molecular formula is C13H20ClNO2. The predicted molar refractivity (Wildman–Crippen MR) is 71.4 cm³/mol. The van der Waals surface area contributed by atoms with Crippen molar-refractivity contribution in [3.63, 3.8) is 0 Å². The molecule has 1 aromatic rings. The molecule has 0 radical (unpaired) electrons.